The molecule has 0 unspecified atom stereocenters. The molecule has 24 heavy (non-hydrogen) atoms. The molecule has 0 saturated heterocycles. The van der Waals surface area contributed by atoms with Gasteiger partial charge in [0, 0.05) is 32.8 Å². The van der Waals surface area contributed by atoms with E-state index in [1.807, 2.05) is 13.8 Å². The molecular weight excluding hydrogens is 498 g/mol. The number of hydrogen-bond acceptors (Lipinski definition) is 2. The molecule has 2 nitrogen and oxygen atoms in total. The van der Waals surface area contributed by atoms with E-state index < -0.39 is 11.9 Å². The molecule has 132 valence electrons. The number of halogens is 3. The Hall–Kier alpha value is -1.61. The first-order chi connectivity index (χ1) is 11.0. The van der Waals surface area contributed by atoms with Crippen LogP contribution in [0.5, 0.6) is 0 Å². The number of benzene rings is 1. The molecular formula is C18H18F3NOPt. The molecule has 0 amide bonds. The van der Waals surface area contributed by atoms with Gasteiger partial charge in [-0.3, -0.25) is 4.98 Å². The molecule has 1 aromatic heterocycles. The van der Waals surface area contributed by atoms with Crippen molar-refractivity contribution in [3.05, 3.63) is 59.4 Å². The molecule has 1 aliphatic carbocycles. The largest absolute Gasteiger partial charge is 0.508 e. The van der Waals surface area contributed by atoms with Crippen LogP contribution in [0.4, 0.5) is 13.2 Å². The van der Waals surface area contributed by atoms with Gasteiger partial charge in [0.15, 0.2) is 0 Å². The monoisotopic (exact) mass is 516 g/mol. The molecule has 0 spiro atoms. The Labute approximate surface area is 153 Å². The van der Waals surface area contributed by atoms with Crippen molar-refractivity contribution in [1.29, 1.82) is 0 Å². The van der Waals surface area contributed by atoms with Crippen LogP contribution in [0.2, 0.25) is 0 Å². The van der Waals surface area contributed by atoms with Crippen LogP contribution in [0.15, 0.2) is 42.6 Å². The summed E-state index contributed by atoms with van der Waals surface area (Å²) in [6, 6.07) is 7.88. The summed E-state index contributed by atoms with van der Waals surface area (Å²) in [6.45, 7) is 4.00. The molecule has 6 heteroatoms. The second-order valence-electron chi connectivity index (χ2n) is 4.89. The quantitative estimate of drug-likeness (QED) is 0.533. The van der Waals surface area contributed by atoms with Gasteiger partial charge in [-0.25, -0.2) is 0 Å². The van der Waals surface area contributed by atoms with Crippen molar-refractivity contribution < 1.29 is 39.3 Å². The second kappa shape index (κ2) is 8.48. The van der Waals surface area contributed by atoms with Crippen molar-refractivity contribution in [2.75, 3.05) is 0 Å². The van der Waals surface area contributed by atoms with E-state index in [9.17, 15) is 18.3 Å². The number of hydrogen-bond donors (Lipinski definition) is 1. The third-order valence-corrected chi connectivity index (χ3v) is 3.55. The Morgan fingerprint density at radius 2 is 1.75 bits per heavy atom. The predicted molar refractivity (Wildman–Crippen MR) is 84.9 cm³/mol. The maximum Gasteiger partial charge on any atom is 0.433 e. The Balaban J connectivity index is 0.000000925. The van der Waals surface area contributed by atoms with Gasteiger partial charge in [-0.15, -0.1) is 0 Å². The molecule has 0 aliphatic heterocycles. The van der Waals surface area contributed by atoms with Crippen LogP contribution in [-0.4, -0.2) is 10.1 Å². The van der Waals surface area contributed by atoms with Gasteiger partial charge in [0.1, 0.15) is 11.5 Å². The number of rotatable bonds is 1. The number of aliphatic hydroxyl groups excluding tert-OH is 1. The SMILES string of the molecule is CC.OC1=CCCc2c1cccc2-c1ccnc(C(F)(F)F)c1.[Pt]. The van der Waals surface area contributed by atoms with Gasteiger partial charge in [-0.05, 0) is 47.7 Å². The zero-order valence-electron chi connectivity index (χ0n) is 13.3. The molecule has 0 atom stereocenters. The molecule has 0 saturated carbocycles. The van der Waals surface area contributed by atoms with E-state index in [1.54, 1.807) is 30.3 Å². The molecule has 0 radical (unpaired) electrons. The van der Waals surface area contributed by atoms with Crippen LogP contribution in [0, 0.1) is 0 Å². The summed E-state index contributed by atoms with van der Waals surface area (Å²) in [5, 5.41) is 9.89. The summed E-state index contributed by atoms with van der Waals surface area (Å²) in [5.74, 6) is 0.184. The van der Waals surface area contributed by atoms with Gasteiger partial charge in [-0.2, -0.15) is 13.2 Å². The molecule has 2 aromatic rings. The maximum absolute atomic E-state index is 12.8. The fraction of sp³-hybridized carbons (Fsp3) is 0.278. The Morgan fingerprint density at radius 3 is 2.42 bits per heavy atom. The zero-order chi connectivity index (χ0) is 17.0. The number of aromatic nitrogens is 1. The predicted octanol–water partition coefficient (Wildman–Crippen LogP) is 5.64. The van der Waals surface area contributed by atoms with Crippen LogP contribution >= 0.6 is 0 Å². The van der Waals surface area contributed by atoms with Gasteiger partial charge in [-0.1, -0.05) is 32.0 Å². The van der Waals surface area contributed by atoms with Crippen LogP contribution in [-0.2, 0) is 33.7 Å². The van der Waals surface area contributed by atoms with Crippen molar-refractivity contribution in [3.63, 3.8) is 0 Å². The van der Waals surface area contributed by atoms with Crippen LogP contribution in [0.3, 0.4) is 0 Å². The summed E-state index contributed by atoms with van der Waals surface area (Å²) < 4.78 is 38.3. The Morgan fingerprint density at radius 1 is 1.08 bits per heavy atom. The van der Waals surface area contributed by atoms with E-state index in [2.05, 4.69) is 4.98 Å². The minimum absolute atomic E-state index is 0. The van der Waals surface area contributed by atoms with Crippen molar-refractivity contribution in [1.82, 2.24) is 4.98 Å². The number of aliphatic hydroxyl groups is 1. The summed E-state index contributed by atoms with van der Waals surface area (Å²) in [7, 11) is 0. The van der Waals surface area contributed by atoms with Crippen molar-refractivity contribution in [2.45, 2.75) is 32.9 Å². The maximum atomic E-state index is 12.8. The van der Waals surface area contributed by atoms with E-state index in [4.69, 9.17) is 0 Å². The van der Waals surface area contributed by atoms with Crippen LogP contribution in [0.25, 0.3) is 16.9 Å². The normalized spacial score (nSPS) is 13.0. The summed E-state index contributed by atoms with van der Waals surface area (Å²) in [4.78, 5) is 3.38. The van der Waals surface area contributed by atoms with Gasteiger partial charge in [0.25, 0.3) is 0 Å². The molecule has 3 rings (SSSR count). The van der Waals surface area contributed by atoms with Crippen molar-refractivity contribution >= 4 is 5.76 Å². The van der Waals surface area contributed by atoms with E-state index in [1.165, 1.54) is 0 Å². The number of nitrogens with zero attached hydrogens (tertiary/aromatic N) is 1. The fourth-order valence-corrected chi connectivity index (χ4v) is 2.58. The van der Waals surface area contributed by atoms with E-state index in [-0.39, 0.29) is 26.8 Å². The smallest absolute Gasteiger partial charge is 0.433 e. The minimum Gasteiger partial charge on any atom is -0.508 e. The van der Waals surface area contributed by atoms with Gasteiger partial charge >= 0.3 is 6.18 Å². The molecule has 1 aromatic carbocycles. The topological polar surface area (TPSA) is 33.1 Å². The average Bonchev–Trinajstić information content (AvgIpc) is 2.56. The Kier molecular flexibility index (Phi) is 7.22. The molecule has 1 heterocycles. The fourth-order valence-electron chi connectivity index (χ4n) is 2.58. The number of fused-ring (bicyclic) bond motifs is 1. The van der Waals surface area contributed by atoms with Crippen LogP contribution < -0.4 is 0 Å². The van der Waals surface area contributed by atoms with Crippen molar-refractivity contribution in [2.24, 2.45) is 0 Å². The van der Waals surface area contributed by atoms with E-state index >= 15 is 0 Å². The molecule has 0 fully saturated rings. The number of pyridine rings is 1. The first kappa shape index (κ1) is 20.4. The zero-order valence-corrected chi connectivity index (χ0v) is 15.6. The van der Waals surface area contributed by atoms with E-state index in [0.29, 0.717) is 29.5 Å². The third kappa shape index (κ3) is 4.27. The molecule has 1 N–H and O–H groups in total. The van der Waals surface area contributed by atoms with Gasteiger partial charge in [0.2, 0.25) is 0 Å². The third-order valence-electron chi connectivity index (χ3n) is 3.55. The van der Waals surface area contributed by atoms with Crippen LogP contribution in [0.1, 0.15) is 37.1 Å². The number of allylic oxidation sites excluding steroid dienone is 1. The molecule has 0 bridgehead atoms. The first-order valence-electron chi connectivity index (χ1n) is 7.52. The van der Waals surface area contributed by atoms with Crippen molar-refractivity contribution in [3.8, 4) is 11.1 Å². The first-order valence-corrected chi connectivity index (χ1v) is 7.52. The van der Waals surface area contributed by atoms with Gasteiger partial charge in [0.05, 0.1) is 0 Å². The summed E-state index contributed by atoms with van der Waals surface area (Å²) in [6.07, 6.45) is -0.213. The summed E-state index contributed by atoms with van der Waals surface area (Å²) >= 11 is 0. The summed E-state index contributed by atoms with van der Waals surface area (Å²) in [5.41, 5.74) is 1.82. The number of alkyl halides is 3. The molecule has 1 aliphatic rings. The second-order valence-corrected chi connectivity index (χ2v) is 4.89. The van der Waals surface area contributed by atoms with Gasteiger partial charge < -0.3 is 5.11 Å². The minimum atomic E-state index is -4.47. The Bertz CT molecular complexity index is 726. The van der Waals surface area contributed by atoms with E-state index in [0.717, 1.165) is 17.8 Å². The average molecular weight is 516 g/mol. The standard InChI is InChI=1S/C16H12F3NO.C2H6.Pt/c17-16(18,19)15-9-10(7-8-20-15)11-3-1-5-13-12(11)4-2-6-14(13)21;1-2;/h1,3,5-9,21H,2,4H2;1-2H3;.